The molecule has 1 aliphatic heterocycles. The van der Waals surface area contributed by atoms with Gasteiger partial charge >= 0.3 is 0 Å². The van der Waals surface area contributed by atoms with Gasteiger partial charge in [0.05, 0.1) is 6.61 Å². The molecule has 1 heterocycles. The van der Waals surface area contributed by atoms with Crippen LogP contribution in [0.25, 0.3) is 0 Å². The van der Waals surface area contributed by atoms with E-state index in [2.05, 4.69) is 10.5 Å². The second kappa shape index (κ2) is 8.22. The van der Waals surface area contributed by atoms with Crippen LogP contribution >= 0.6 is 0 Å². The van der Waals surface area contributed by atoms with Crippen LogP contribution in [0, 0.1) is 11.3 Å². The van der Waals surface area contributed by atoms with Crippen LogP contribution in [-0.2, 0) is 9.53 Å². The summed E-state index contributed by atoms with van der Waals surface area (Å²) in [7, 11) is 0. The van der Waals surface area contributed by atoms with Gasteiger partial charge in [0.2, 0.25) is 5.91 Å². The van der Waals surface area contributed by atoms with Crippen molar-refractivity contribution in [2.45, 2.75) is 58.9 Å². The summed E-state index contributed by atoms with van der Waals surface area (Å²) < 4.78 is 5.37. The highest BCUT2D eigenvalue weighted by Gasteiger charge is 2.42. The van der Waals surface area contributed by atoms with Gasteiger partial charge in [0.15, 0.2) is 5.84 Å². The van der Waals surface area contributed by atoms with Gasteiger partial charge in [-0.1, -0.05) is 31.8 Å². The number of hydrogen-bond acceptors (Lipinski definition) is 4. The molecular formula is C15H29N3O3. The van der Waals surface area contributed by atoms with Crippen molar-refractivity contribution in [1.82, 2.24) is 5.32 Å². The topological polar surface area (TPSA) is 96.9 Å². The second-order valence-corrected chi connectivity index (χ2v) is 5.95. The molecule has 6 heteroatoms. The standard InChI is InChI=1S/C15H29N3O3/c1-4-7-15(8-5-2,13(16)18-20)14(19)17-11(3)12-6-9-21-10-12/h11-12,20H,4-10H2,1-3H3,(H2,16,18)(H,17,19). The molecule has 122 valence electrons. The number of nitrogens with zero attached hydrogens (tertiary/aromatic N) is 1. The zero-order valence-electron chi connectivity index (χ0n) is 13.4. The van der Waals surface area contributed by atoms with E-state index >= 15 is 0 Å². The maximum Gasteiger partial charge on any atom is 0.234 e. The molecule has 1 rings (SSSR count). The van der Waals surface area contributed by atoms with Crippen molar-refractivity contribution in [3.8, 4) is 0 Å². The number of oxime groups is 1. The fourth-order valence-electron chi connectivity index (χ4n) is 3.08. The van der Waals surface area contributed by atoms with Crippen molar-refractivity contribution in [2.24, 2.45) is 22.2 Å². The number of carbonyl (C=O) groups is 1. The Balaban J connectivity index is 2.87. The second-order valence-electron chi connectivity index (χ2n) is 5.95. The molecule has 2 unspecified atom stereocenters. The van der Waals surface area contributed by atoms with Gasteiger partial charge in [-0.15, -0.1) is 0 Å². The summed E-state index contributed by atoms with van der Waals surface area (Å²) in [6.45, 7) is 7.42. The minimum absolute atomic E-state index is 0.0126. The van der Waals surface area contributed by atoms with Crippen LogP contribution in [-0.4, -0.2) is 36.2 Å². The highest BCUT2D eigenvalue weighted by molar-refractivity contribution is 6.06. The normalized spacial score (nSPS) is 21.3. The Bertz CT molecular complexity index is 359. The lowest BCUT2D eigenvalue weighted by Crippen LogP contribution is -2.53. The fourth-order valence-corrected chi connectivity index (χ4v) is 3.08. The predicted octanol–water partition coefficient (Wildman–Crippen LogP) is 1.86. The third-order valence-electron chi connectivity index (χ3n) is 4.42. The Labute approximate surface area is 127 Å². The van der Waals surface area contributed by atoms with Crippen LogP contribution in [0.4, 0.5) is 0 Å². The average Bonchev–Trinajstić information content (AvgIpc) is 3.00. The van der Waals surface area contributed by atoms with E-state index in [-0.39, 0.29) is 17.8 Å². The summed E-state index contributed by atoms with van der Waals surface area (Å²) in [5, 5.41) is 15.3. The Hall–Kier alpha value is -1.30. The van der Waals surface area contributed by atoms with Crippen LogP contribution in [0.5, 0.6) is 0 Å². The molecule has 21 heavy (non-hydrogen) atoms. The molecule has 1 aliphatic rings. The molecule has 0 radical (unpaired) electrons. The van der Waals surface area contributed by atoms with Crippen molar-refractivity contribution in [2.75, 3.05) is 13.2 Å². The highest BCUT2D eigenvalue weighted by atomic mass is 16.5. The summed E-state index contributed by atoms with van der Waals surface area (Å²) in [6, 6.07) is 0.0274. The molecule has 1 saturated heterocycles. The van der Waals surface area contributed by atoms with Crippen molar-refractivity contribution in [1.29, 1.82) is 0 Å². The predicted molar refractivity (Wildman–Crippen MR) is 82.2 cm³/mol. The van der Waals surface area contributed by atoms with Gasteiger partial charge in [0.25, 0.3) is 0 Å². The maximum atomic E-state index is 12.8. The molecule has 4 N–H and O–H groups in total. The first-order valence-electron chi connectivity index (χ1n) is 7.88. The molecule has 0 saturated carbocycles. The summed E-state index contributed by atoms with van der Waals surface area (Å²) in [5.41, 5.74) is 4.96. The Morgan fingerprint density at radius 1 is 1.48 bits per heavy atom. The van der Waals surface area contributed by atoms with Crippen molar-refractivity contribution in [3.05, 3.63) is 0 Å². The summed E-state index contributed by atoms with van der Waals surface area (Å²) in [5.74, 6) is 0.210. The number of amidine groups is 1. The third-order valence-corrected chi connectivity index (χ3v) is 4.42. The first-order chi connectivity index (χ1) is 10.0. The minimum atomic E-state index is -0.911. The number of ether oxygens (including phenoxy) is 1. The van der Waals surface area contributed by atoms with E-state index in [1.807, 2.05) is 20.8 Å². The molecule has 2 atom stereocenters. The van der Waals surface area contributed by atoms with E-state index in [9.17, 15) is 4.79 Å². The summed E-state index contributed by atoms with van der Waals surface area (Å²) in [4.78, 5) is 12.8. The molecule has 0 spiro atoms. The van der Waals surface area contributed by atoms with E-state index < -0.39 is 5.41 Å². The van der Waals surface area contributed by atoms with Crippen molar-refractivity contribution >= 4 is 11.7 Å². The first kappa shape index (κ1) is 17.8. The molecule has 1 amide bonds. The van der Waals surface area contributed by atoms with E-state index in [4.69, 9.17) is 15.7 Å². The zero-order chi connectivity index (χ0) is 15.9. The zero-order valence-corrected chi connectivity index (χ0v) is 13.4. The Kier molecular flexibility index (Phi) is 6.95. The van der Waals surface area contributed by atoms with Crippen LogP contribution in [0.2, 0.25) is 0 Å². The van der Waals surface area contributed by atoms with Crippen LogP contribution in [0.15, 0.2) is 5.16 Å². The van der Waals surface area contributed by atoms with E-state index in [0.717, 1.165) is 25.9 Å². The molecule has 0 bridgehead atoms. The van der Waals surface area contributed by atoms with Gasteiger partial charge in [-0.05, 0) is 26.2 Å². The highest BCUT2D eigenvalue weighted by Crippen LogP contribution is 2.31. The molecule has 0 aromatic rings. The smallest absolute Gasteiger partial charge is 0.234 e. The van der Waals surface area contributed by atoms with Crippen LogP contribution in [0.1, 0.15) is 52.9 Å². The molecular weight excluding hydrogens is 270 g/mol. The van der Waals surface area contributed by atoms with E-state index in [1.165, 1.54) is 0 Å². The fraction of sp³-hybridized carbons (Fsp3) is 0.867. The lowest BCUT2D eigenvalue weighted by atomic mass is 9.76. The number of amides is 1. The Morgan fingerprint density at radius 3 is 2.52 bits per heavy atom. The van der Waals surface area contributed by atoms with Gasteiger partial charge in [0, 0.05) is 18.6 Å². The van der Waals surface area contributed by atoms with Crippen LogP contribution < -0.4 is 11.1 Å². The molecule has 0 aromatic carbocycles. The lowest BCUT2D eigenvalue weighted by Gasteiger charge is -2.33. The van der Waals surface area contributed by atoms with Gasteiger partial charge in [-0.3, -0.25) is 4.79 Å². The summed E-state index contributed by atoms with van der Waals surface area (Å²) >= 11 is 0. The number of carbonyl (C=O) groups excluding carboxylic acids is 1. The molecule has 0 aromatic heterocycles. The third kappa shape index (κ3) is 4.09. The SMILES string of the molecule is CCCC(CCC)(C(=O)NC(C)C1CCOC1)C(N)=NO. The average molecular weight is 299 g/mol. The summed E-state index contributed by atoms with van der Waals surface area (Å²) in [6.07, 6.45) is 3.71. The van der Waals surface area contributed by atoms with Gasteiger partial charge in [0.1, 0.15) is 5.41 Å². The number of hydrogen-bond donors (Lipinski definition) is 3. The lowest BCUT2D eigenvalue weighted by molar-refractivity contribution is -0.129. The quantitative estimate of drug-likeness (QED) is 0.276. The van der Waals surface area contributed by atoms with E-state index in [1.54, 1.807) is 0 Å². The molecule has 1 fully saturated rings. The Morgan fingerprint density at radius 2 is 2.10 bits per heavy atom. The largest absolute Gasteiger partial charge is 0.409 e. The van der Waals surface area contributed by atoms with Gasteiger partial charge in [-0.2, -0.15) is 0 Å². The number of nitrogens with one attached hydrogen (secondary N) is 1. The maximum absolute atomic E-state index is 12.8. The van der Waals surface area contributed by atoms with Crippen LogP contribution in [0.3, 0.4) is 0 Å². The number of rotatable bonds is 8. The number of nitrogens with two attached hydrogens (primary N) is 1. The minimum Gasteiger partial charge on any atom is -0.409 e. The van der Waals surface area contributed by atoms with E-state index in [0.29, 0.717) is 25.4 Å². The van der Waals surface area contributed by atoms with Gasteiger partial charge < -0.3 is 21.0 Å². The monoisotopic (exact) mass is 299 g/mol. The van der Waals surface area contributed by atoms with Gasteiger partial charge in [-0.25, -0.2) is 0 Å². The first-order valence-corrected chi connectivity index (χ1v) is 7.88. The molecule has 6 nitrogen and oxygen atoms in total. The van der Waals surface area contributed by atoms with Crippen molar-refractivity contribution < 1.29 is 14.7 Å². The molecule has 0 aliphatic carbocycles. The van der Waals surface area contributed by atoms with Crippen molar-refractivity contribution in [3.63, 3.8) is 0 Å².